The van der Waals surface area contributed by atoms with E-state index in [1.807, 2.05) is 45.0 Å². The second-order valence-electron chi connectivity index (χ2n) is 23.6. The summed E-state index contributed by atoms with van der Waals surface area (Å²) in [6.45, 7) is 13.1. The summed E-state index contributed by atoms with van der Waals surface area (Å²) in [6, 6.07) is 13.1. The second kappa shape index (κ2) is 34.0. The van der Waals surface area contributed by atoms with Crippen LogP contribution in [0.1, 0.15) is 126 Å². The number of nitrogens with zero attached hydrogens (tertiary/aromatic N) is 5. The van der Waals surface area contributed by atoms with Gasteiger partial charge in [-0.05, 0) is 113 Å². The van der Waals surface area contributed by atoms with Gasteiger partial charge < -0.3 is 60.6 Å². The van der Waals surface area contributed by atoms with Crippen LogP contribution in [0, 0.1) is 23.7 Å². The number of amides is 6. The number of hydrogen-bond donors (Lipinski definition) is 6. The van der Waals surface area contributed by atoms with Gasteiger partial charge in [-0.1, -0.05) is 68.3 Å². The Bertz CT molecular complexity index is 3850. The molecular formula is C66H85N11O15S2. The number of pyridine rings is 2. The number of fused-ring (bicyclic) bond motifs is 5. The van der Waals surface area contributed by atoms with Gasteiger partial charge in [0.2, 0.25) is 39.3 Å². The Morgan fingerprint density at radius 2 is 1.57 bits per heavy atom. The van der Waals surface area contributed by atoms with Gasteiger partial charge >= 0.3 is 18.2 Å². The number of hydrogen-bond acceptors (Lipinski definition) is 18. The molecule has 4 unspecified atom stereocenters. The third-order valence-electron chi connectivity index (χ3n) is 15.8. The molecule has 2 aliphatic rings. The number of aromatic nitrogens is 4. The zero-order chi connectivity index (χ0) is 68.3. The highest BCUT2D eigenvalue weighted by atomic mass is 32.2. The highest BCUT2D eigenvalue weighted by Gasteiger charge is 2.51. The van der Waals surface area contributed by atoms with Crippen LogP contribution < -0.4 is 37.9 Å². The molecule has 5 heterocycles. The number of ether oxygens (including phenoxy) is 5. The van der Waals surface area contributed by atoms with Gasteiger partial charge in [-0.25, -0.2) is 37.8 Å². The molecule has 6 atom stereocenters. The minimum atomic E-state index is -3.55. The van der Waals surface area contributed by atoms with Crippen LogP contribution in [-0.4, -0.2) is 157 Å². The number of nitrogens with one attached hydrogen (secondary N) is 5. The van der Waals surface area contributed by atoms with Crippen LogP contribution in [0.4, 0.5) is 15.3 Å². The van der Waals surface area contributed by atoms with Gasteiger partial charge in [0.15, 0.2) is 5.16 Å². The molecule has 26 nitrogen and oxygen atoms in total. The van der Waals surface area contributed by atoms with Crippen LogP contribution in [0.5, 0.6) is 0 Å². The monoisotopic (exact) mass is 1340 g/mol. The molecule has 3 aromatic heterocycles. The molecule has 5 aromatic rings. The van der Waals surface area contributed by atoms with Crippen LogP contribution in [0.2, 0.25) is 0 Å². The molecule has 7 N–H and O–H groups in total. The number of rotatable bonds is 32. The van der Waals surface area contributed by atoms with Crippen LogP contribution >= 0.6 is 10.5 Å². The number of unbranched alkanes of at least 4 members (excludes halogenated alkanes) is 1. The first-order chi connectivity index (χ1) is 44.8. The number of carbonyl (C=O) groups is 7. The number of cyclic esters (lactones) is 1. The van der Waals surface area contributed by atoms with Gasteiger partial charge in [0.25, 0.3) is 5.56 Å². The van der Waals surface area contributed by atoms with E-state index in [1.165, 1.54) is 15.1 Å². The normalized spacial score (nSPS) is 15.6. The molecule has 0 saturated carbocycles. The van der Waals surface area contributed by atoms with E-state index < -0.39 is 82.4 Å². The first-order valence-electron chi connectivity index (χ1n) is 31.2. The predicted octanol–water partition coefficient (Wildman–Crippen LogP) is 5.72. The predicted molar refractivity (Wildman–Crippen MR) is 355 cm³/mol. The van der Waals surface area contributed by atoms with Crippen LogP contribution in [0.3, 0.4) is 0 Å². The van der Waals surface area contributed by atoms with E-state index in [1.54, 1.807) is 70.4 Å². The third-order valence-corrected chi connectivity index (χ3v) is 18.8. The Morgan fingerprint density at radius 1 is 0.894 bits per heavy atom. The first kappa shape index (κ1) is 72.8. The quantitative estimate of drug-likeness (QED) is 0.00967. The fraction of sp³-hybridized carbons (Fsp3) is 0.485. The van der Waals surface area contributed by atoms with Crippen LogP contribution in [0.15, 0.2) is 76.9 Å². The molecular weight excluding hydrogens is 1250 g/mol. The van der Waals surface area contributed by atoms with Gasteiger partial charge in [-0.3, -0.25) is 24.0 Å². The van der Waals surface area contributed by atoms with Gasteiger partial charge in [-0.15, -0.1) is 10.5 Å². The molecule has 0 saturated heterocycles. The van der Waals surface area contributed by atoms with E-state index in [0.29, 0.717) is 73.6 Å². The summed E-state index contributed by atoms with van der Waals surface area (Å²) < 4.78 is 56.9. The summed E-state index contributed by atoms with van der Waals surface area (Å²) in [7, 11) is -3.66. The summed E-state index contributed by atoms with van der Waals surface area (Å²) in [5.41, 5.74) is 7.40. The van der Waals surface area contributed by atoms with Crippen molar-refractivity contribution in [3.05, 3.63) is 111 Å². The number of para-hydroxylation sites is 1. The number of benzene rings is 2. The lowest BCUT2D eigenvalue weighted by Gasteiger charge is -2.35. The van der Waals surface area contributed by atoms with Crippen molar-refractivity contribution in [2.45, 2.75) is 136 Å². The topological polar surface area (TPSA) is 350 Å². The van der Waals surface area contributed by atoms with Gasteiger partial charge in [-0.2, -0.15) is 4.31 Å². The molecule has 506 valence electrons. The SMILES string of the molecule is C/C=S(\C)c1ncc(C#CCCCC(=O)NCC(C)COCC(C)CNC(=O)COCC(=O)N[C@@H](CCCNC(N)=O)C(=O)Nc2ccc(C(C)OC(=O)O[C@]3(CC)C(=O)OCc4c3cc3n(c4=O)Cc4c-3nc3ccccc3c4CCN(C(C)C)S(C)(=O)=O)cc2)cn1. The van der Waals surface area contributed by atoms with Crippen LogP contribution in [0.25, 0.3) is 22.3 Å². The maximum Gasteiger partial charge on any atom is 0.510 e. The summed E-state index contributed by atoms with van der Waals surface area (Å²) >= 11 is 0. The number of nitrogens with two attached hydrogens (primary N) is 1. The van der Waals surface area contributed by atoms with E-state index in [0.717, 1.165) is 27.2 Å². The standard InChI is InChI=1S/C66H85N11O15S2/c1-10-66(52-30-55-59-50(35-76(55)61(82)51(52)38-90-62(66)83)48(49-19-15-16-20-53(49)75-59)27-29-77(41(3)4)94(9,86)87)92-65(85)91-44(7)46-23-25-47(26-24-46)73-60(81)54(21-17-28-68-63(67)84)74-58(80)40-89-39-57(79)70-32-43(6)37-88-36-42(5)31-69-56(78)22-14-12-13-18-45-33-71-64(72-34-45)93(8)11-2/h11,15-16,19-20,23-26,30,33-34,41-44,54H,10,12,14,17,21-22,27-29,31-32,35-40H2,1-9H3,(H,69,78)(H,70,79)(H,73,81)(H,74,80)(H3,67,68,84)/t42?,43?,44?,54-,66-,93?/m0/s1. The third kappa shape index (κ3) is 19.7. The zero-order valence-corrected chi connectivity index (χ0v) is 56.2. The fourth-order valence-electron chi connectivity index (χ4n) is 10.7. The highest BCUT2D eigenvalue weighted by molar-refractivity contribution is 8.14. The minimum Gasteiger partial charge on any atom is -0.457 e. The average Bonchev–Trinajstić information content (AvgIpc) is 1.46. The fourth-order valence-corrected chi connectivity index (χ4v) is 12.6. The van der Waals surface area contributed by atoms with Gasteiger partial charge in [0, 0.05) is 79.7 Å². The molecule has 94 heavy (non-hydrogen) atoms. The van der Waals surface area contributed by atoms with E-state index >= 15 is 0 Å². The van der Waals surface area contributed by atoms with Crippen molar-refractivity contribution in [1.82, 2.24) is 45.1 Å². The molecule has 6 amide bonds. The molecule has 2 aliphatic heterocycles. The first-order valence-corrected chi connectivity index (χ1v) is 34.8. The number of carbonyl (C=O) groups excluding carboxylic acids is 7. The lowest BCUT2D eigenvalue weighted by molar-refractivity contribution is -0.176. The molecule has 0 radical (unpaired) electrons. The van der Waals surface area contributed by atoms with Crippen molar-refractivity contribution < 1.29 is 65.7 Å². The Balaban J connectivity index is 0.863. The molecule has 0 spiro atoms. The van der Waals surface area contributed by atoms with Crippen molar-refractivity contribution >= 4 is 84.2 Å². The molecule has 0 bridgehead atoms. The summed E-state index contributed by atoms with van der Waals surface area (Å²) in [6.07, 6.45) is 6.47. The number of primary amides is 1. The highest BCUT2D eigenvalue weighted by Crippen LogP contribution is 2.43. The molecule has 28 heteroatoms. The van der Waals surface area contributed by atoms with E-state index in [-0.39, 0.29) is 97.4 Å². The average molecular weight is 1340 g/mol. The van der Waals surface area contributed by atoms with E-state index in [9.17, 15) is 46.8 Å². The number of urea groups is 1. The molecule has 7 rings (SSSR count). The Kier molecular flexibility index (Phi) is 26.3. The van der Waals surface area contributed by atoms with Crippen molar-refractivity contribution in [2.75, 3.05) is 70.4 Å². The number of esters is 1. The zero-order valence-electron chi connectivity index (χ0n) is 54.6. The van der Waals surface area contributed by atoms with Crippen molar-refractivity contribution in [3.8, 4) is 23.2 Å². The summed E-state index contributed by atoms with van der Waals surface area (Å²) in [5.74, 6) is 3.34. The number of anilines is 1. The molecule has 0 fully saturated rings. The Labute approximate surface area is 549 Å². The van der Waals surface area contributed by atoms with Crippen molar-refractivity contribution in [3.63, 3.8) is 0 Å². The summed E-state index contributed by atoms with van der Waals surface area (Å²) in [5, 5.41) is 17.1. The van der Waals surface area contributed by atoms with Gasteiger partial charge in [0.1, 0.15) is 32.0 Å². The largest absolute Gasteiger partial charge is 0.510 e. The Hall–Kier alpha value is -8.62. The van der Waals surface area contributed by atoms with Gasteiger partial charge in [0.05, 0.1) is 54.0 Å². The summed E-state index contributed by atoms with van der Waals surface area (Å²) in [4.78, 5) is 119. The van der Waals surface area contributed by atoms with E-state index in [2.05, 4.69) is 60.0 Å². The lowest BCUT2D eigenvalue weighted by Crippen LogP contribution is -2.47. The molecule has 2 aromatic carbocycles. The smallest absolute Gasteiger partial charge is 0.457 e. The lowest BCUT2D eigenvalue weighted by atomic mass is 9.85. The minimum absolute atomic E-state index is 0.0451. The Morgan fingerprint density at radius 3 is 2.23 bits per heavy atom. The van der Waals surface area contributed by atoms with Crippen molar-refractivity contribution in [1.29, 1.82) is 0 Å². The van der Waals surface area contributed by atoms with Crippen molar-refractivity contribution in [2.24, 2.45) is 17.6 Å². The second-order valence-corrected chi connectivity index (χ2v) is 27.4. The molecule has 0 aliphatic carbocycles. The maximum absolute atomic E-state index is 14.5. The maximum atomic E-state index is 14.5. The number of sulfonamides is 1. The van der Waals surface area contributed by atoms with E-state index in [4.69, 9.17) is 34.4 Å². The van der Waals surface area contributed by atoms with Crippen LogP contribution in [-0.2, 0) is 82.9 Å².